The van der Waals surface area contributed by atoms with Gasteiger partial charge in [0.2, 0.25) is 5.91 Å². The lowest BCUT2D eigenvalue weighted by Crippen LogP contribution is -2.62. The van der Waals surface area contributed by atoms with E-state index in [0.717, 1.165) is 18.5 Å². The third-order valence-corrected chi connectivity index (χ3v) is 6.47. The Labute approximate surface area is 190 Å². The molecule has 1 saturated heterocycles. The van der Waals surface area contributed by atoms with Gasteiger partial charge in [-0.25, -0.2) is 14.6 Å². The van der Waals surface area contributed by atoms with Gasteiger partial charge in [-0.3, -0.25) is 14.3 Å². The van der Waals surface area contributed by atoms with Gasteiger partial charge >= 0.3 is 12.1 Å². The van der Waals surface area contributed by atoms with Crippen LogP contribution in [0.4, 0.5) is 9.59 Å². The maximum Gasteiger partial charge on any atom is 0.408 e. The number of aromatic nitrogens is 2. The van der Waals surface area contributed by atoms with Gasteiger partial charge in [0.25, 0.3) is 0 Å². The fourth-order valence-electron chi connectivity index (χ4n) is 4.88. The van der Waals surface area contributed by atoms with Crippen LogP contribution in [0.2, 0.25) is 0 Å². The van der Waals surface area contributed by atoms with Crippen molar-refractivity contribution >= 4 is 18.0 Å². The number of likely N-dealkylation sites (tertiary alicyclic amines) is 1. The van der Waals surface area contributed by atoms with Crippen molar-refractivity contribution in [3.8, 4) is 0 Å². The molecule has 1 aromatic heterocycles. The van der Waals surface area contributed by atoms with Crippen LogP contribution in [0.5, 0.6) is 0 Å². The van der Waals surface area contributed by atoms with Crippen LogP contribution in [0.15, 0.2) is 6.20 Å². The number of hydrogen-bond donors (Lipinski definition) is 1. The summed E-state index contributed by atoms with van der Waals surface area (Å²) in [5.74, 6) is 0.887. The van der Waals surface area contributed by atoms with Gasteiger partial charge in [0.15, 0.2) is 0 Å². The van der Waals surface area contributed by atoms with E-state index in [4.69, 9.17) is 0 Å². The van der Waals surface area contributed by atoms with Crippen LogP contribution in [0, 0.1) is 18.3 Å². The molecule has 0 radical (unpaired) electrons. The fourth-order valence-corrected chi connectivity index (χ4v) is 4.88. The summed E-state index contributed by atoms with van der Waals surface area (Å²) in [5.41, 5.74) is -0.317. The number of carbonyl (C=O) groups is 3. The fraction of sp³-hybridized carbons (Fsp3) is 0.739. The highest BCUT2D eigenvalue weighted by molar-refractivity contribution is 5.86. The summed E-state index contributed by atoms with van der Waals surface area (Å²) < 4.78 is 1.67. The zero-order chi connectivity index (χ0) is 24.0. The first-order valence-electron chi connectivity index (χ1n) is 11.4. The van der Waals surface area contributed by atoms with Crippen LogP contribution in [-0.4, -0.2) is 78.6 Å². The van der Waals surface area contributed by atoms with Crippen molar-refractivity contribution < 1.29 is 19.5 Å². The van der Waals surface area contributed by atoms with Crippen molar-refractivity contribution in [3.63, 3.8) is 0 Å². The molecule has 1 aromatic rings. The van der Waals surface area contributed by atoms with Crippen LogP contribution < -0.4 is 0 Å². The summed E-state index contributed by atoms with van der Waals surface area (Å²) in [7, 11) is 0. The van der Waals surface area contributed by atoms with Gasteiger partial charge in [-0.2, -0.15) is 0 Å². The van der Waals surface area contributed by atoms with E-state index >= 15 is 0 Å². The van der Waals surface area contributed by atoms with Crippen molar-refractivity contribution in [1.29, 1.82) is 0 Å². The molecule has 0 aromatic carbocycles. The predicted octanol–water partition coefficient (Wildman–Crippen LogP) is 3.41. The van der Waals surface area contributed by atoms with Crippen molar-refractivity contribution in [1.82, 2.24) is 24.3 Å². The molecule has 3 amide bonds. The van der Waals surface area contributed by atoms with Gasteiger partial charge in [0, 0.05) is 25.2 Å². The molecule has 1 fully saturated rings. The third kappa shape index (κ3) is 4.61. The Bertz CT molecular complexity index is 887. The van der Waals surface area contributed by atoms with Crippen molar-refractivity contribution in [2.75, 3.05) is 19.6 Å². The van der Waals surface area contributed by atoms with Crippen LogP contribution in [0.25, 0.3) is 0 Å². The summed E-state index contributed by atoms with van der Waals surface area (Å²) in [6, 6.07) is -0.790. The molecule has 2 aliphatic rings. The molecule has 9 nitrogen and oxygen atoms in total. The SMILES string of the molecule is Cc1ncc2n1C(=O)N(CC1CCN(C(=O)[C@H](N(C(=O)O)C(C)(C)C)C(C)(C)C)CC1)C2. The number of aryl methyl sites for hydroxylation is 1. The van der Waals surface area contributed by atoms with Gasteiger partial charge in [0.1, 0.15) is 11.9 Å². The highest BCUT2D eigenvalue weighted by Crippen LogP contribution is 2.33. The number of carbonyl (C=O) groups excluding carboxylic acids is 2. The maximum absolute atomic E-state index is 13.5. The molecule has 0 bridgehead atoms. The Morgan fingerprint density at radius 1 is 1.19 bits per heavy atom. The van der Waals surface area contributed by atoms with E-state index in [1.165, 1.54) is 4.90 Å². The molecule has 0 saturated carbocycles. The van der Waals surface area contributed by atoms with Crippen LogP contribution in [0.1, 0.15) is 65.9 Å². The first-order valence-corrected chi connectivity index (χ1v) is 11.4. The molecule has 9 heteroatoms. The van der Waals surface area contributed by atoms with E-state index in [9.17, 15) is 19.5 Å². The number of amides is 3. The van der Waals surface area contributed by atoms with Crippen molar-refractivity contribution in [2.45, 2.75) is 79.4 Å². The minimum Gasteiger partial charge on any atom is -0.465 e. The average molecular weight is 448 g/mol. The van der Waals surface area contributed by atoms with Gasteiger partial charge in [-0.05, 0) is 51.9 Å². The Hall–Kier alpha value is -2.58. The number of fused-ring (bicyclic) bond motifs is 1. The first kappa shape index (κ1) is 24.1. The van der Waals surface area contributed by atoms with E-state index < -0.39 is 23.1 Å². The molecule has 1 N–H and O–H groups in total. The lowest BCUT2D eigenvalue weighted by molar-refractivity contribution is -0.144. The maximum atomic E-state index is 13.5. The quantitative estimate of drug-likeness (QED) is 0.763. The standard InChI is InChI=1S/C23H37N5O4/c1-15-24-12-17-14-26(20(30)27(15)17)13-16-8-10-25(11-9-16)19(29)18(22(2,3)4)28(21(31)32)23(5,6)7/h12,16,18H,8-11,13-14H2,1-7H3,(H,31,32)/t18-/m0/s1. The van der Waals surface area contributed by atoms with E-state index in [0.29, 0.717) is 37.9 Å². The van der Waals surface area contributed by atoms with Gasteiger partial charge in [-0.15, -0.1) is 0 Å². The Kier molecular flexibility index (Phi) is 6.32. The molecule has 0 unspecified atom stereocenters. The lowest BCUT2D eigenvalue weighted by Gasteiger charge is -2.47. The van der Waals surface area contributed by atoms with Crippen molar-refractivity contribution in [3.05, 3.63) is 17.7 Å². The van der Waals surface area contributed by atoms with Crippen molar-refractivity contribution in [2.24, 2.45) is 11.3 Å². The van der Waals surface area contributed by atoms with E-state index in [-0.39, 0.29) is 11.9 Å². The second-order valence-electron chi connectivity index (χ2n) is 11.2. The second-order valence-corrected chi connectivity index (χ2v) is 11.2. The van der Waals surface area contributed by atoms with E-state index in [2.05, 4.69) is 4.98 Å². The molecule has 178 valence electrons. The average Bonchev–Trinajstić information content (AvgIpc) is 3.17. The van der Waals surface area contributed by atoms with E-state index in [1.807, 2.05) is 53.4 Å². The molecular formula is C23H37N5O4. The molecule has 3 heterocycles. The highest BCUT2D eigenvalue weighted by Gasteiger charge is 2.46. The number of hydrogen-bond acceptors (Lipinski definition) is 4. The molecule has 2 aliphatic heterocycles. The van der Waals surface area contributed by atoms with Gasteiger partial charge in [-0.1, -0.05) is 20.8 Å². The van der Waals surface area contributed by atoms with Crippen LogP contribution >= 0.6 is 0 Å². The molecule has 0 aliphatic carbocycles. The number of rotatable bonds is 4. The number of piperidine rings is 1. The smallest absolute Gasteiger partial charge is 0.408 e. The summed E-state index contributed by atoms with van der Waals surface area (Å²) in [5, 5.41) is 9.90. The normalized spacial score (nSPS) is 18.7. The Morgan fingerprint density at radius 3 is 2.25 bits per heavy atom. The number of carboxylic acid groups (broad SMARTS) is 1. The predicted molar refractivity (Wildman–Crippen MR) is 120 cm³/mol. The minimum atomic E-state index is -1.08. The first-order chi connectivity index (χ1) is 14.7. The van der Waals surface area contributed by atoms with Crippen LogP contribution in [0.3, 0.4) is 0 Å². The Balaban J connectivity index is 1.65. The number of imidazole rings is 1. The lowest BCUT2D eigenvalue weighted by atomic mass is 9.82. The second kappa shape index (κ2) is 8.41. The molecule has 0 spiro atoms. The Morgan fingerprint density at radius 2 is 1.78 bits per heavy atom. The molecule has 1 atom stereocenters. The van der Waals surface area contributed by atoms with Gasteiger partial charge in [0.05, 0.1) is 18.4 Å². The molecule has 3 rings (SSSR count). The molecule has 32 heavy (non-hydrogen) atoms. The zero-order valence-corrected chi connectivity index (χ0v) is 20.4. The monoisotopic (exact) mass is 447 g/mol. The zero-order valence-electron chi connectivity index (χ0n) is 20.4. The largest absolute Gasteiger partial charge is 0.465 e. The summed E-state index contributed by atoms with van der Waals surface area (Å²) >= 11 is 0. The highest BCUT2D eigenvalue weighted by atomic mass is 16.4. The van der Waals surface area contributed by atoms with Crippen LogP contribution in [-0.2, 0) is 11.3 Å². The topological polar surface area (TPSA) is 99.0 Å². The summed E-state index contributed by atoms with van der Waals surface area (Å²) in [6.07, 6.45) is 2.26. The minimum absolute atomic E-state index is 0.0245. The van der Waals surface area contributed by atoms with Gasteiger partial charge < -0.3 is 14.9 Å². The number of nitrogens with zero attached hydrogens (tertiary/aromatic N) is 5. The third-order valence-electron chi connectivity index (χ3n) is 6.47. The summed E-state index contributed by atoms with van der Waals surface area (Å²) in [6.45, 7) is 15.4. The molecular weight excluding hydrogens is 410 g/mol. The van der Waals surface area contributed by atoms with E-state index in [1.54, 1.807) is 15.7 Å². The summed E-state index contributed by atoms with van der Waals surface area (Å²) in [4.78, 5) is 47.5.